The molecule has 0 unspecified atom stereocenters. The van der Waals surface area contributed by atoms with Gasteiger partial charge in [-0.1, -0.05) is 0 Å². The van der Waals surface area contributed by atoms with Crippen molar-refractivity contribution in [1.29, 1.82) is 0 Å². The van der Waals surface area contributed by atoms with Gasteiger partial charge < -0.3 is 4.74 Å². The molecular weight excluding hydrogens is 230 g/mol. The van der Waals surface area contributed by atoms with E-state index < -0.39 is 19.0 Å². The molecule has 7 heteroatoms. The lowest BCUT2D eigenvalue weighted by molar-refractivity contribution is -0.148. The molecule has 0 bridgehead atoms. The number of hydrogen-bond donors (Lipinski definition) is 0. The Morgan fingerprint density at radius 3 is 2.69 bits per heavy atom. The number of carbonyl (C=O) groups excluding carboxylic acids is 1. The van der Waals surface area contributed by atoms with Crippen LogP contribution in [-0.4, -0.2) is 30.2 Å². The van der Waals surface area contributed by atoms with Gasteiger partial charge in [-0.2, -0.15) is 8.78 Å². The van der Waals surface area contributed by atoms with E-state index in [-0.39, 0.29) is 11.3 Å². The lowest BCUT2D eigenvalue weighted by atomic mass is 10.3. The van der Waals surface area contributed by atoms with Crippen molar-refractivity contribution in [3.05, 3.63) is 24.0 Å². The molecule has 0 aliphatic carbocycles. The molecule has 3 nitrogen and oxygen atoms in total. The summed E-state index contributed by atoms with van der Waals surface area (Å²) < 4.78 is 52.8. The molecule has 1 rings (SSSR count). The zero-order valence-electron chi connectivity index (χ0n) is 7.87. The molecule has 1 heterocycles. The molecule has 0 N–H and O–H groups in total. The third kappa shape index (κ3) is 3.18. The standard InChI is InChI=1S/C9H7F4NO2/c10-8(11)9(12,13)5-16-7-1-6(4-15)2-14-3-7/h1-4,8H,5H2. The number of ether oxygens (including phenoxy) is 1. The highest BCUT2D eigenvalue weighted by Crippen LogP contribution is 2.24. The number of pyridine rings is 1. The van der Waals surface area contributed by atoms with Crippen molar-refractivity contribution in [3.63, 3.8) is 0 Å². The molecule has 0 aromatic carbocycles. The number of aromatic nitrogens is 1. The van der Waals surface area contributed by atoms with E-state index >= 15 is 0 Å². The zero-order valence-corrected chi connectivity index (χ0v) is 7.87. The molecule has 0 atom stereocenters. The Morgan fingerprint density at radius 1 is 1.44 bits per heavy atom. The fraction of sp³-hybridized carbons (Fsp3) is 0.333. The minimum absolute atomic E-state index is 0.109. The van der Waals surface area contributed by atoms with E-state index in [0.29, 0.717) is 6.29 Å². The number of nitrogens with zero attached hydrogens (tertiary/aromatic N) is 1. The fourth-order valence-electron chi connectivity index (χ4n) is 0.822. The van der Waals surface area contributed by atoms with Crippen LogP contribution in [0.3, 0.4) is 0 Å². The Labute approximate surface area is 88.0 Å². The van der Waals surface area contributed by atoms with Crippen molar-refractivity contribution >= 4 is 6.29 Å². The summed E-state index contributed by atoms with van der Waals surface area (Å²) in [7, 11) is 0. The van der Waals surface area contributed by atoms with Crippen molar-refractivity contribution in [1.82, 2.24) is 4.98 Å². The molecule has 0 saturated carbocycles. The van der Waals surface area contributed by atoms with Gasteiger partial charge in [0.05, 0.1) is 6.20 Å². The highest BCUT2D eigenvalue weighted by atomic mass is 19.3. The van der Waals surface area contributed by atoms with Gasteiger partial charge in [0, 0.05) is 11.8 Å². The number of alkyl halides is 4. The van der Waals surface area contributed by atoms with Crippen molar-refractivity contribution in [2.45, 2.75) is 12.3 Å². The third-order valence-electron chi connectivity index (χ3n) is 1.62. The first kappa shape index (κ1) is 12.4. The summed E-state index contributed by atoms with van der Waals surface area (Å²) in [6, 6.07) is 1.13. The summed E-state index contributed by atoms with van der Waals surface area (Å²) in [4.78, 5) is 13.8. The average molecular weight is 237 g/mol. The summed E-state index contributed by atoms with van der Waals surface area (Å²) >= 11 is 0. The second-order valence-electron chi connectivity index (χ2n) is 2.92. The Balaban J connectivity index is 2.64. The lowest BCUT2D eigenvalue weighted by Gasteiger charge is -2.15. The van der Waals surface area contributed by atoms with E-state index in [0.717, 1.165) is 12.3 Å². The highest BCUT2D eigenvalue weighted by Gasteiger charge is 2.41. The Kier molecular flexibility index (Phi) is 3.81. The van der Waals surface area contributed by atoms with E-state index in [1.165, 1.54) is 6.20 Å². The van der Waals surface area contributed by atoms with E-state index in [1.807, 2.05) is 0 Å². The van der Waals surface area contributed by atoms with Gasteiger partial charge in [0.2, 0.25) is 0 Å². The quantitative estimate of drug-likeness (QED) is 0.582. The van der Waals surface area contributed by atoms with Crippen LogP contribution in [0.25, 0.3) is 0 Å². The monoisotopic (exact) mass is 237 g/mol. The predicted octanol–water partition coefficient (Wildman–Crippen LogP) is 2.17. The van der Waals surface area contributed by atoms with Crippen LogP contribution in [-0.2, 0) is 0 Å². The van der Waals surface area contributed by atoms with E-state index in [1.54, 1.807) is 0 Å². The molecule has 16 heavy (non-hydrogen) atoms. The molecule has 0 spiro atoms. The van der Waals surface area contributed by atoms with Gasteiger partial charge in [-0.05, 0) is 6.07 Å². The maximum atomic E-state index is 12.4. The maximum Gasteiger partial charge on any atom is 0.340 e. The van der Waals surface area contributed by atoms with Gasteiger partial charge >= 0.3 is 12.3 Å². The fourth-order valence-corrected chi connectivity index (χ4v) is 0.822. The second-order valence-corrected chi connectivity index (χ2v) is 2.92. The SMILES string of the molecule is O=Cc1cncc(OCC(F)(F)C(F)F)c1. The second kappa shape index (κ2) is 4.91. The van der Waals surface area contributed by atoms with Crippen molar-refractivity contribution in [2.24, 2.45) is 0 Å². The third-order valence-corrected chi connectivity index (χ3v) is 1.62. The van der Waals surface area contributed by atoms with Crippen LogP contribution in [0.15, 0.2) is 18.5 Å². The zero-order chi connectivity index (χ0) is 12.2. The largest absolute Gasteiger partial charge is 0.485 e. The summed E-state index contributed by atoms with van der Waals surface area (Å²) in [5.74, 6) is -4.39. The van der Waals surface area contributed by atoms with Crippen LogP contribution in [0.2, 0.25) is 0 Å². The number of rotatable bonds is 5. The molecule has 0 fully saturated rings. The average Bonchev–Trinajstić information content (AvgIpc) is 2.26. The Hall–Kier alpha value is -1.66. The molecule has 1 aromatic rings. The number of hydrogen-bond acceptors (Lipinski definition) is 3. The van der Waals surface area contributed by atoms with Crippen LogP contribution in [0.5, 0.6) is 5.75 Å². The molecule has 0 saturated heterocycles. The van der Waals surface area contributed by atoms with E-state index in [9.17, 15) is 22.4 Å². The molecule has 0 aliphatic rings. The minimum Gasteiger partial charge on any atom is -0.485 e. The molecule has 0 aliphatic heterocycles. The smallest absolute Gasteiger partial charge is 0.340 e. The van der Waals surface area contributed by atoms with Crippen LogP contribution in [0.1, 0.15) is 10.4 Å². The number of halogens is 4. The van der Waals surface area contributed by atoms with E-state index in [2.05, 4.69) is 9.72 Å². The normalized spacial score (nSPS) is 11.6. The highest BCUT2D eigenvalue weighted by molar-refractivity contribution is 5.74. The lowest BCUT2D eigenvalue weighted by Crippen LogP contribution is -2.33. The Bertz CT molecular complexity index is 370. The van der Waals surface area contributed by atoms with Gasteiger partial charge in [-0.25, -0.2) is 8.78 Å². The number of carbonyl (C=O) groups is 1. The van der Waals surface area contributed by atoms with Crippen molar-refractivity contribution in [3.8, 4) is 5.75 Å². The van der Waals surface area contributed by atoms with Gasteiger partial charge in [0.1, 0.15) is 5.75 Å². The van der Waals surface area contributed by atoms with Crippen LogP contribution in [0, 0.1) is 0 Å². The minimum atomic E-state index is -4.23. The molecule has 0 amide bonds. The summed E-state index contributed by atoms with van der Waals surface area (Å²) in [6.45, 7) is -1.46. The maximum absolute atomic E-state index is 12.4. The molecule has 1 aromatic heterocycles. The number of aldehydes is 1. The molecule has 88 valence electrons. The summed E-state index contributed by atoms with van der Waals surface area (Å²) in [5, 5.41) is 0. The summed E-state index contributed by atoms with van der Waals surface area (Å²) in [5.41, 5.74) is 0.109. The van der Waals surface area contributed by atoms with Gasteiger partial charge in [0.25, 0.3) is 0 Å². The first-order valence-electron chi connectivity index (χ1n) is 4.14. The predicted molar refractivity (Wildman–Crippen MR) is 46.1 cm³/mol. The van der Waals surface area contributed by atoms with E-state index in [4.69, 9.17) is 0 Å². The first-order valence-corrected chi connectivity index (χ1v) is 4.14. The first-order chi connectivity index (χ1) is 7.45. The van der Waals surface area contributed by atoms with Crippen molar-refractivity contribution < 1.29 is 27.1 Å². The molecular formula is C9H7F4NO2. The van der Waals surface area contributed by atoms with Crippen molar-refractivity contribution in [2.75, 3.05) is 6.61 Å². The molecule has 0 radical (unpaired) electrons. The van der Waals surface area contributed by atoms with Crippen LogP contribution < -0.4 is 4.74 Å². The topological polar surface area (TPSA) is 39.2 Å². The van der Waals surface area contributed by atoms with Gasteiger partial charge in [0.15, 0.2) is 12.9 Å². The van der Waals surface area contributed by atoms with Gasteiger partial charge in [-0.15, -0.1) is 0 Å². The van der Waals surface area contributed by atoms with Crippen LogP contribution in [0.4, 0.5) is 17.6 Å². The Morgan fingerprint density at radius 2 is 2.12 bits per heavy atom. The summed E-state index contributed by atoms with van der Waals surface area (Å²) in [6.07, 6.45) is -1.13. The van der Waals surface area contributed by atoms with Crippen LogP contribution >= 0.6 is 0 Å². The van der Waals surface area contributed by atoms with Gasteiger partial charge in [-0.3, -0.25) is 9.78 Å².